The summed E-state index contributed by atoms with van der Waals surface area (Å²) in [6.45, 7) is 3.54. The molecular weight excluding hydrogens is 372 g/mol. The van der Waals surface area contributed by atoms with Crippen molar-refractivity contribution in [2.45, 2.75) is 26.0 Å². The molecule has 7 nitrogen and oxygen atoms in total. The number of hydrogen-bond acceptors (Lipinski definition) is 5. The Morgan fingerprint density at radius 2 is 2.04 bits per heavy atom. The normalized spacial score (nSPS) is 15.0. The van der Waals surface area contributed by atoms with E-state index in [0.717, 1.165) is 0 Å². The lowest BCUT2D eigenvalue weighted by Crippen LogP contribution is -2.52. The molecule has 0 radical (unpaired) electrons. The zero-order valence-electron chi connectivity index (χ0n) is 15.1. The van der Waals surface area contributed by atoms with Gasteiger partial charge in [0.15, 0.2) is 5.60 Å². The van der Waals surface area contributed by atoms with Crippen LogP contribution in [0.3, 0.4) is 0 Å². The molecule has 0 fully saturated rings. The van der Waals surface area contributed by atoms with Crippen LogP contribution in [0.1, 0.15) is 29.8 Å². The van der Waals surface area contributed by atoms with Crippen LogP contribution in [0.5, 0.6) is 11.5 Å². The van der Waals surface area contributed by atoms with Crippen LogP contribution < -0.4 is 19.9 Å². The zero-order chi connectivity index (χ0) is 19.8. The van der Waals surface area contributed by atoms with Crippen molar-refractivity contribution in [3.05, 3.63) is 52.5 Å². The third-order valence-electron chi connectivity index (χ3n) is 4.33. The van der Waals surface area contributed by atoms with E-state index >= 15 is 0 Å². The van der Waals surface area contributed by atoms with Crippen molar-refractivity contribution >= 4 is 29.1 Å². The number of hydrogen-bond donors (Lipinski definition) is 2. The summed E-state index contributed by atoms with van der Waals surface area (Å²) >= 11 is 6.33. The van der Waals surface area contributed by atoms with Gasteiger partial charge in [-0.1, -0.05) is 17.7 Å². The first-order chi connectivity index (χ1) is 12.8. The highest BCUT2D eigenvalue weighted by molar-refractivity contribution is 6.31. The first kappa shape index (κ1) is 19.0. The van der Waals surface area contributed by atoms with Crippen molar-refractivity contribution in [1.82, 2.24) is 5.48 Å². The van der Waals surface area contributed by atoms with E-state index in [0.29, 0.717) is 27.8 Å². The van der Waals surface area contributed by atoms with Crippen molar-refractivity contribution in [2.75, 3.05) is 12.0 Å². The monoisotopic (exact) mass is 390 g/mol. The number of nitrogens with zero attached hydrogens (tertiary/aromatic N) is 1. The van der Waals surface area contributed by atoms with Crippen molar-refractivity contribution in [3.8, 4) is 11.5 Å². The summed E-state index contributed by atoms with van der Waals surface area (Å²) in [5.41, 5.74) is 1.84. The number of fused-ring (bicyclic) bond motifs is 1. The second-order valence-corrected chi connectivity index (χ2v) is 6.99. The van der Waals surface area contributed by atoms with E-state index < -0.39 is 11.5 Å². The Bertz CT molecular complexity index is 913. The SMILES string of the molecule is COc1ccc(CN2C(=O)C(C)(C)Oc3ccc(C(=O)NO)cc32)c(Cl)c1. The fraction of sp³-hybridized carbons (Fsp3) is 0.263. The van der Waals surface area contributed by atoms with Gasteiger partial charge in [-0.25, -0.2) is 5.48 Å². The minimum atomic E-state index is -1.08. The summed E-state index contributed by atoms with van der Waals surface area (Å²) in [6, 6.07) is 9.80. The van der Waals surface area contributed by atoms with Crippen LogP contribution in [-0.4, -0.2) is 29.7 Å². The highest BCUT2D eigenvalue weighted by atomic mass is 35.5. The standard InChI is InChI=1S/C19H19ClN2O5/c1-19(2)18(24)22(10-12-4-6-13(26-3)9-14(12)20)15-8-11(17(23)21-25)5-7-16(15)27-19/h4-9,25H,10H2,1-3H3,(H,21,23). The molecule has 0 saturated carbocycles. The Labute approximate surface area is 161 Å². The quantitative estimate of drug-likeness (QED) is 0.618. The predicted octanol–water partition coefficient (Wildman–Crippen LogP) is 3.17. The lowest BCUT2D eigenvalue weighted by atomic mass is 10.0. The fourth-order valence-corrected chi connectivity index (χ4v) is 3.11. The summed E-state index contributed by atoms with van der Waals surface area (Å²) in [6.07, 6.45) is 0. The van der Waals surface area contributed by atoms with Crippen LogP contribution in [0.15, 0.2) is 36.4 Å². The number of rotatable bonds is 4. The summed E-state index contributed by atoms with van der Waals surface area (Å²) in [4.78, 5) is 26.3. The smallest absolute Gasteiger partial charge is 0.274 e. The molecule has 0 aromatic heterocycles. The number of methoxy groups -OCH3 is 1. The van der Waals surface area contributed by atoms with Gasteiger partial charge in [0.05, 0.1) is 19.3 Å². The predicted molar refractivity (Wildman–Crippen MR) is 99.6 cm³/mol. The van der Waals surface area contributed by atoms with Crippen LogP contribution in [0.4, 0.5) is 5.69 Å². The Hall–Kier alpha value is -2.77. The molecule has 2 amide bonds. The minimum absolute atomic E-state index is 0.186. The molecule has 27 heavy (non-hydrogen) atoms. The molecule has 0 spiro atoms. The summed E-state index contributed by atoms with van der Waals surface area (Å²) in [5, 5.41) is 9.33. The second-order valence-electron chi connectivity index (χ2n) is 6.58. The molecule has 1 aliphatic heterocycles. The van der Waals surface area contributed by atoms with Gasteiger partial charge in [-0.15, -0.1) is 0 Å². The molecule has 1 aliphatic rings. The van der Waals surface area contributed by atoms with E-state index in [4.69, 9.17) is 26.3 Å². The molecule has 0 unspecified atom stereocenters. The number of carbonyl (C=O) groups excluding carboxylic acids is 2. The van der Waals surface area contributed by atoms with E-state index in [1.807, 2.05) is 0 Å². The van der Waals surface area contributed by atoms with E-state index in [1.165, 1.54) is 17.0 Å². The first-order valence-electron chi connectivity index (χ1n) is 8.18. The molecule has 0 saturated heterocycles. The molecule has 2 N–H and O–H groups in total. The van der Waals surface area contributed by atoms with E-state index in [9.17, 15) is 9.59 Å². The van der Waals surface area contributed by atoms with Crippen LogP contribution >= 0.6 is 11.6 Å². The number of ether oxygens (including phenoxy) is 2. The van der Waals surface area contributed by atoms with Gasteiger partial charge in [-0.2, -0.15) is 0 Å². The molecular formula is C19H19ClN2O5. The van der Waals surface area contributed by atoms with Gasteiger partial charge in [0, 0.05) is 10.6 Å². The molecule has 0 bridgehead atoms. The Morgan fingerprint density at radius 3 is 2.67 bits per heavy atom. The van der Waals surface area contributed by atoms with Gasteiger partial charge in [-0.3, -0.25) is 14.8 Å². The van der Waals surface area contributed by atoms with Crippen LogP contribution in [0.25, 0.3) is 0 Å². The Morgan fingerprint density at radius 1 is 1.30 bits per heavy atom. The van der Waals surface area contributed by atoms with Gasteiger partial charge in [-0.05, 0) is 49.7 Å². The summed E-state index contributed by atoms with van der Waals surface area (Å²) in [7, 11) is 1.54. The van der Waals surface area contributed by atoms with Gasteiger partial charge in [0.1, 0.15) is 11.5 Å². The average molecular weight is 391 g/mol. The molecule has 0 atom stereocenters. The highest BCUT2D eigenvalue weighted by Crippen LogP contribution is 2.40. The van der Waals surface area contributed by atoms with Crippen LogP contribution in [-0.2, 0) is 11.3 Å². The second kappa shape index (κ2) is 7.09. The minimum Gasteiger partial charge on any atom is -0.497 e. The number of anilines is 1. The van der Waals surface area contributed by atoms with Crippen molar-refractivity contribution in [3.63, 3.8) is 0 Å². The number of benzene rings is 2. The summed E-state index contributed by atoms with van der Waals surface area (Å²) < 4.78 is 10.9. The lowest BCUT2D eigenvalue weighted by Gasteiger charge is -2.39. The number of hydroxylamine groups is 1. The molecule has 3 rings (SSSR count). The third-order valence-corrected chi connectivity index (χ3v) is 4.68. The fourth-order valence-electron chi connectivity index (χ4n) is 2.88. The maximum Gasteiger partial charge on any atom is 0.274 e. The lowest BCUT2D eigenvalue weighted by molar-refractivity contribution is -0.132. The maximum atomic E-state index is 13.0. The average Bonchev–Trinajstić information content (AvgIpc) is 2.65. The molecule has 1 heterocycles. The van der Waals surface area contributed by atoms with Crippen LogP contribution in [0, 0.1) is 0 Å². The molecule has 142 valence electrons. The largest absolute Gasteiger partial charge is 0.497 e. The topological polar surface area (TPSA) is 88.1 Å². The molecule has 2 aromatic rings. The maximum absolute atomic E-state index is 13.0. The number of carbonyl (C=O) groups is 2. The van der Waals surface area contributed by atoms with E-state index in [1.54, 1.807) is 50.7 Å². The number of nitrogens with one attached hydrogen (secondary N) is 1. The summed E-state index contributed by atoms with van der Waals surface area (Å²) in [5.74, 6) is 0.111. The third kappa shape index (κ3) is 3.56. The van der Waals surface area contributed by atoms with E-state index in [-0.39, 0.29) is 18.0 Å². The highest BCUT2D eigenvalue weighted by Gasteiger charge is 2.41. The zero-order valence-corrected chi connectivity index (χ0v) is 15.8. The van der Waals surface area contributed by atoms with Gasteiger partial charge < -0.3 is 14.4 Å². The van der Waals surface area contributed by atoms with Crippen molar-refractivity contribution in [2.24, 2.45) is 0 Å². The first-order valence-corrected chi connectivity index (χ1v) is 8.56. The van der Waals surface area contributed by atoms with Crippen LogP contribution in [0.2, 0.25) is 5.02 Å². The van der Waals surface area contributed by atoms with Crippen molar-refractivity contribution in [1.29, 1.82) is 0 Å². The van der Waals surface area contributed by atoms with Gasteiger partial charge in [0.25, 0.3) is 11.8 Å². The van der Waals surface area contributed by atoms with E-state index in [2.05, 4.69) is 0 Å². The van der Waals surface area contributed by atoms with Gasteiger partial charge in [0.2, 0.25) is 0 Å². The van der Waals surface area contributed by atoms with Crippen molar-refractivity contribution < 1.29 is 24.3 Å². The number of halogens is 1. The van der Waals surface area contributed by atoms with Gasteiger partial charge >= 0.3 is 0 Å². The molecule has 8 heteroatoms. The Kier molecular flexibility index (Phi) is 4.99. The molecule has 0 aliphatic carbocycles. The Balaban J connectivity index is 2.05. The number of amides is 2. The molecule has 2 aromatic carbocycles.